The van der Waals surface area contributed by atoms with E-state index in [2.05, 4.69) is 0 Å². The highest BCUT2D eigenvalue weighted by molar-refractivity contribution is 7.89. The van der Waals surface area contributed by atoms with Gasteiger partial charge in [-0.2, -0.15) is 4.31 Å². The maximum atomic E-state index is 13.1. The average Bonchev–Trinajstić information content (AvgIpc) is 3.28. The van der Waals surface area contributed by atoms with Gasteiger partial charge in [-0.05, 0) is 31.9 Å². The second-order valence-electron chi connectivity index (χ2n) is 7.66. The van der Waals surface area contributed by atoms with Crippen LogP contribution in [0.5, 0.6) is 5.75 Å². The van der Waals surface area contributed by atoms with Crippen molar-refractivity contribution in [3.8, 4) is 5.75 Å². The number of sulfonamides is 1. The van der Waals surface area contributed by atoms with E-state index in [9.17, 15) is 23.3 Å². The van der Waals surface area contributed by atoms with Crippen molar-refractivity contribution in [3.05, 3.63) is 63.2 Å². The quantitative estimate of drug-likeness (QED) is 0.364. The number of aryl methyl sites for hydroxylation is 1. The number of nitrogens with zero attached hydrogens (tertiary/aromatic N) is 2. The van der Waals surface area contributed by atoms with Crippen LogP contribution in [0, 0.1) is 17.0 Å². The van der Waals surface area contributed by atoms with Crippen LogP contribution in [-0.4, -0.2) is 43.0 Å². The van der Waals surface area contributed by atoms with E-state index in [1.54, 1.807) is 12.1 Å². The minimum atomic E-state index is -3.86. The summed E-state index contributed by atoms with van der Waals surface area (Å²) in [6.45, 7) is 1.91. The van der Waals surface area contributed by atoms with Crippen molar-refractivity contribution in [1.82, 2.24) is 4.31 Å². The zero-order valence-electron chi connectivity index (χ0n) is 17.4. The fourth-order valence-electron chi connectivity index (χ4n) is 3.85. The Morgan fingerprint density at radius 3 is 2.75 bits per heavy atom. The Balaban J connectivity index is 1.52. The predicted molar refractivity (Wildman–Crippen MR) is 111 cm³/mol. The Kier molecular flexibility index (Phi) is 6.13. The van der Waals surface area contributed by atoms with Gasteiger partial charge in [0.1, 0.15) is 18.4 Å². The van der Waals surface area contributed by atoms with E-state index in [1.165, 1.54) is 24.3 Å². The van der Waals surface area contributed by atoms with Gasteiger partial charge in [-0.1, -0.05) is 17.7 Å². The van der Waals surface area contributed by atoms with Crippen LogP contribution in [0.1, 0.15) is 29.5 Å². The van der Waals surface area contributed by atoms with Crippen molar-refractivity contribution >= 4 is 21.7 Å². The van der Waals surface area contributed by atoms with Gasteiger partial charge in [-0.25, -0.2) is 8.42 Å². The second kappa shape index (κ2) is 8.85. The zero-order valence-corrected chi connectivity index (χ0v) is 18.2. The molecule has 1 atom stereocenters. The predicted octanol–water partition coefficient (Wildman–Crippen LogP) is 2.67. The summed E-state index contributed by atoms with van der Waals surface area (Å²) in [5.74, 6) is -0.323. The molecule has 4 rings (SSSR count). The summed E-state index contributed by atoms with van der Waals surface area (Å²) in [6.07, 6.45) is 0.860. The highest BCUT2D eigenvalue weighted by Crippen LogP contribution is 2.34. The molecule has 0 unspecified atom stereocenters. The van der Waals surface area contributed by atoms with Gasteiger partial charge in [0.25, 0.3) is 5.69 Å². The monoisotopic (exact) mass is 462 g/mol. The lowest BCUT2D eigenvalue weighted by Crippen LogP contribution is -2.41. The standard InChI is InChI=1S/C21H22N2O8S/c1-14-4-6-18(7-5-14)32(27,28)22-8-2-3-19(22)21(24)30-12-16-10-17(23(25)26)9-15-11-29-13-31-20(15)16/h4-7,9-10,19H,2-3,8,11-13H2,1H3/t19-/m0/s1. The molecule has 0 N–H and O–H groups in total. The number of fused-ring (bicyclic) bond motifs is 1. The molecule has 0 bridgehead atoms. The molecule has 11 heteroatoms. The Morgan fingerprint density at radius 1 is 1.28 bits per heavy atom. The van der Waals surface area contributed by atoms with Crippen molar-refractivity contribution < 1.29 is 32.3 Å². The highest BCUT2D eigenvalue weighted by atomic mass is 32.2. The molecule has 0 saturated carbocycles. The van der Waals surface area contributed by atoms with E-state index in [0.29, 0.717) is 29.7 Å². The molecular formula is C21H22N2O8S. The topological polar surface area (TPSA) is 125 Å². The minimum absolute atomic E-state index is 0.0169. The van der Waals surface area contributed by atoms with Crippen molar-refractivity contribution in [2.24, 2.45) is 0 Å². The third kappa shape index (κ3) is 4.31. The number of hydrogen-bond donors (Lipinski definition) is 0. The number of esters is 1. The molecule has 1 fully saturated rings. The molecule has 10 nitrogen and oxygen atoms in total. The second-order valence-corrected chi connectivity index (χ2v) is 9.55. The lowest BCUT2D eigenvalue weighted by Gasteiger charge is -2.24. The van der Waals surface area contributed by atoms with E-state index >= 15 is 0 Å². The van der Waals surface area contributed by atoms with Crippen LogP contribution in [0.25, 0.3) is 0 Å². The van der Waals surface area contributed by atoms with Crippen LogP contribution >= 0.6 is 0 Å². The maximum absolute atomic E-state index is 13.1. The number of non-ortho nitro benzene ring substituents is 1. The largest absolute Gasteiger partial charge is 0.467 e. The number of nitro groups is 1. The number of nitro benzene ring substituents is 1. The summed E-state index contributed by atoms with van der Waals surface area (Å²) < 4.78 is 43.3. The van der Waals surface area contributed by atoms with Gasteiger partial charge >= 0.3 is 5.97 Å². The minimum Gasteiger partial charge on any atom is -0.467 e. The van der Waals surface area contributed by atoms with Gasteiger partial charge in [-0.3, -0.25) is 14.9 Å². The van der Waals surface area contributed by atoms with Crippen LogP contribution in [0.15, 0.2) is 41.3 Å². The zero-order chi connectivity index (χ0) is 22.9. The number of carbonyl (C=O) groups is 1. The first-order valence-corrected chi connectivity index (χ1v) is 11.5. The van der Waals surface area contributed by atoms with Gasteiger partial charge < -0.3 is 14.2 Å². The first-order valence-electron chi connectivity index (χ1n) is 10.0. The molecule has 2 aromatic rings. The molecule has 1 saturated heterocycles. The molecular weight excluding hydrogens is 440 g/mol. The third-order valence-electron chi connectivity index (χ3n) is 5.46. The first kappa shape index (κ1) is 22.2. The van der Waals surface area contributed by atoms with Gasteiger partial charge in [0, 0.05) is 29.8 Å². The number of benzene rings is 2. The Hall–Kier alpha value is -3.02. The summed E-state index contributed by atoms with van der Waals surface area (Å²) >= 11 is 0. The molecule has 32 heavy (non-hydrogen) atoms. The molecule has 170 valence electrons. The average molecular weight is 462 g/mol. The fraction of sp³-hybridized carbons (Fsp3) is 0.381. The molecule has 0 aromatic heterocycles. The lowest BCUT2D eigenvalue weighted by molar-refractivity contribution is -0.385. The van der Waals surface area contributed by atoms with Gasteiger partial charge in [0.05, 0.1) is 16.4 Å². The number of hydrogen-bond acceptors (Lipinski definition) is 8. The van der Waals surface area contributed by atoms with Crippen LogP contribution in [0.3, 0.4) is 0 Å². The van der Waals surface area contributed by atoms with Crippen LogP contribution < -0.4 is 4.74 Å². The molecule has 0 aliphatic carbocycles. The third-order valence-corrected chi connectivity index (χ3v) is 7.38. The summed E-state index contributed by atoms with van der Waals surface area (Å²) in [5.41, 5.74) is 1.57. The molecule has 2 aliphatic rings. The Bertz CT molecular complexity index is 1150. The van der Waals surface area contributed by atoms with Crippen molar-refractivity contribution in [2.45, 2.75) is 43.9 Å². The number of carbonyl (C=O) groups excluding carboxylic acids is 1. The lowest BCUT2D eigenvalue weighted by atomic mass is 10.1. The number of rotatable bonds is 6. The summed E-state index contributed by atoms with van der Waals surface area (Å²) in [4.78, 5) is 23.6. The van der Waals surface area contributed by atoms with Gasteiger partial charge in [-0.15, -0.1) is 0 Å². The Morgan fingerprint density at radius 2 is 2.03 bits per heavy atom. The molecule has 2 heterocycles. The summed E-state index contributed by atoms with van der Waals surface area (Å²) in [6, 6.07) is 8.11. The van der Waals surface area contributed by atoms with E-state index in [0.717, 1.165) is 9.87 Å². The van der Waals surface area contributed by atoms with Crippen molar-refractivity contribution in [3.63, 3.8) is 0 Å². The number of ether oxygens (including phenoxy) is 3. The molecule has 2 aliphatic heterocycles. The molecule has 0 spiro atoms. The van der Waals surface area contributed by atoms with Crippen LogP contribution in [0.4, 0.5) is 5.69 Å². The maximum Gasteiger partial charge on any atom is 0.324 e. The van der Waals surface area contributed by atoms with Gasteiger partial charge in [0.2, 0.25) is 10.0 Å². The molecule has 2 aromatic carbocycles. The van der Waals surface area contributed by atoms with Crippen LogP contribution in [-0.2, 0) is 37.5 Å². The Labute approximate surface area is 184 Å². The van der Waals surface area contributed by atoms with Crippen LogP contribution in [0.2, 0.25) is 0 Å². The normalized spacial score (nSPS) is 18.6. The highest BCUT2D eigenvalue weighted by Gasteiger charge is 2.40. The van der Waals surface area contributed by atoms with E-state index in [-0.39, 0.29) is 37.1 Å². The van der Waals surface area contributed by atoms with E-state index in [4.69, 9.17) is 14.2 Å². The summed E-state index contributed by atoms with van der Waals surface area (Å²) in [5, 5.41) is 11.2. The SMILES string of the molecule is Cc1ccc(S(=O)(=O)N2CCC[C@H]2C(=O)OCc2cc([N+](=O)[O-])cc3c2OCOC3)cc1. The molecule has 0 amide bonds. The van der Waals surface area contributed by atoms with E-state index < -0.39 is 27.0 Å². The van der Waals surface area contributed by atoms with Crippen molar-refractivity contribution in [2.75, 3.05) is 13.3 Å². The fourth-order valence-corrected chi connectivity index (χ4v) is 5.49. The van der Waals surface area contributed by atoms with Gasteiger partial charge in [0.15, 0.2) is 6.79 Å². The summed E-state index contributed by atoms with van der Waals surface area (Å²) in [7, 11) is -3.86. The molecule has 0 radical (unpaired) electrons. The van der Waals surface area contributed by atoms with Crippen molar-refractivity contribution in [1.29, 1.82) is 0 Å². The van der Waals surface area contributed by atoms with E-state index in [1.807, 2.05) is 6.92 Å². The smallest absolute Gasteiger partial charge is 0.324 e. The first-order chi connectivity index (χ1) is 15.3.